The Bertz CT molecular complexity index is 337. The van der Waals surface area contributed by atoms with E-state index >= 15 is 0 Å². The average Bonchev–Trinajstić information content (AvgIpc) is 2.24. The van der Waals surface area contributed by atoms with Gasteiger partial charge in [0.15, 0.2) is 0 Å². The van der Waals surface area contributed by atoms with E-state index in [1.165, 1.54) is 37.7 Å². The molecule has 0 heterocycles. The molecule has 1 heteroatoms. The molecule has 0 aromatic carbocycles. The number of hydrogen-bond donors (Lipinski definition) is 0. The maximum absolute atomic E-state index is 4.40. The molecular weight excluding hydrogens is 260 g/mol. The Labute approximate surface area is 108 Å². The Morgan fingerprint density at radius 2 is 2.06 bits per heavy atom. The van der Waals surface area contributed by atoms with Crippen LogP contribution < -0.4 is 0 Å². The zero-order valence-corrected chi connectivity index (χ0v) is 12.4. The van der Waals surface area contributed by atoms with Crippen molar-refractivity contribution in [1.29, 1.82) is 0 Å². The molecule has 1 saturated carbocycles. The number of allylic oxidation sites excluding steroid dienone is 3. The molecule has 0 radical (unpaired) electrons. The summed E-state index contributed by atoms with van der Waals surface area (Å²) in [4.78, 5) is 0.636. The maximum Gasteiger partial charge on any atom is 0.0208 e. The first kappa shape index (κ1) is 12.4. The Morgan fingerprint density at radius 3 is 2.62 bits per heavy atom. The van der Waals surface area contributed by atoms with Crippen molar-refractivity contribution in [2.75, 3.05) is 0 Å². The minimum atomic E-state index is 0.333. The summed E-state index contributed by atoms with van der Waals surface area (Å²) in [5.41, 5.74) is 3.74. The van der Waals surface area contributed by atoms with Crippen LogP contribution in [0.1, 0.15) is 52.9 Å². The van der Waals surface area contributed by atoms with Gasteiger partial charge in [-0.1, -0.05) is 53.6 Å². The Balaban J connectivity index is 2.39. The van der Waals surface area contributed by atoms with E-state index in [0.29, 0.717) is 15.7 Å². The van der Waals surface area contributed by atoms with Crippen LogP contribution in [0.2, 0.25) is 0 Å². The van der Waals surface area contributed by atoms with E-state index in [4.69, 9.17) is 0 Å². The third-order valence-corrected chi connectivity index (χ3v) is 6.74. The van der Waals surface area contributed by atoms with Crippen molar-refractivity contribution in [3.8, 4) is 0 Å². The van der Waals surface area contributed by atoms with Gasteiger partial charge in [0.2, 0.25) is 0 Å². The van der Waals surface area contributed by atoms with E-state index in [1.807, 2.05) is 0 Å². The molecule has 0 unspecified atom stereocenters. The van der Waals surface area contributed by atoms with E-state index in [1.54, 1.807) is 5.57 Å². The van der Waals surface area contributed by atoms with E-state index in [9.17, 15) is 0 Å². The Morgan fingerprint density at radius 1 is 1.38 bits per heavy atom. The fraction of sp³-hybridized carbons (Fsp3) is 0.733. The number of halogens is 1. The lowest BCUT2D eigenvalue weighted by atomic mass is 9.51. The van der Waals surface area contributed by atoms with Crippen molar-refractivity contribution >= 4 is 15.9 Å². The molecule has 0 aliphatic heterocycles. The molecule has 2 rings (SSSR count). The third-order valence-electron chi connectivity index (χ3n) is 5.14. The number of hydrogen-bond acceptors (Lipinski definition) is 0. The van der Waals surface area contributed by atoms with E-state index in [2.05, 4.69) is 49.4 Å². The molecule has 90 valence electrons. The van der Waals surface area contributed by atoms with Crippen LogP contribution in [0.3, 0.4) is 0 Å². The molecule has 0 aromatic heterocycles. The topological polar surface area (TPSA) is 0 Å². The van der Waals surface area contributed by atoms with Gasteiger partial charge in [-0.25, -0.2) is 0 Å². The minimum absolute atomic E-state index is 0.333. The molecule has 1 spiro atoms. The van der Waals surface area contributed by atoms with Crippen LogP contribution in [0.25, 0.3) is 0 Å². The van der Waals surface area contributed by atoms with Crippen molar-refractivity contribution in [2.45, 2.75) is 57.7 Å². The summed E-state index contributed by atoms with van der Waals surface area (Å²) in [6.07, 6.45) is 8.64. The summed E-state index contributed by atoms with van der Waals surface area (Å²) < 4.78 is 0. The highest BCUT2D eigenvalue weighted by atomic mass is 79.9. The van der Waals surface area contributed by atoms with Gasteiger partial charge in [-0.3, -0.25) is 0 Å². The minimum Gasteiger partial charge on any atom is -0.0993 e. The van der Waals surface area contributed by atoms with Crippen molar-refractivity contribution in [3.05, 3.63) is 23.8 Å². The fourth-order valence-corrected chi connectivity index (χ4v) is 4.19. The van der Waals surface area contributed by atoms with Gasteiger partial charge in [0.25, 0.3) is 0 Å². The van der Waals surface area contributed by atoms with Crippen LogP contribution in [-0.2, 0) is 0 Å². The van der Waals surface area contributed by atoms with Gasteiger partial charge in [-0.05, 0) is 44.4 Å². The number of rotatable bonds is 0. The molecule has 0 saturated heterocycles. The van der Waals surface area contributed by atoms with E-state index in [0.717, 1.165) is 0 Å². The summed E-state index contributed by atoms with van der Waals surface area (Å²) in [5.74, 6) is 0. The predicted molar refractivity (Wildman–Crippen MR) is 74.9 cm³/mol. The molecule has 0 bridgehead atoms. The normalized spacial score (nSPS) is 38.6. The number of alkyl halides is 1. The van der Waals surface area contributed by atoms with Crippen molar-refractivity contribution in [1.82, 2.24) is 0 Å². The second-order valence-electron chi connectivity index (χ2n) is 6.17. The Hall–Kier alpha value is -0.0400. The van der Waals surface area contributed by atoms with Gasteiger partial charge >= 0.3 is 0 Å². The molecule has 2 aliphatic carbocycles. The van der Waals surface area contributed by atoms with Gasteiger partial charge in [0, 0.05) is 10.2 Å². The monoisotopic (exact) mass is 282 g/mol. The van der Waals surface area contributed by atoms with Gasteiger partial charge < -0.3 is 0 Å². The van der Waals surface area contributed by atoms with Crippen molar-refractivity contribution in [2.24, 2.45) is 10.8 Å². The molecule has 1 fully saturated rings. The summed E-state index contributed by atoms with van der Waals surface area (Å²) >= 11 is 3.90. The summed E-state index contributed by atoms with van der Waals surface area (Å²) in [5, 5.41) is 0. The molecular formula is C15H23Br. The quantitative estimate of drug-likeness (QED) is 0.421. The highest BCUT2D eigenvalue weighted by molar-refractivity contribution is 9.09. The van der Waals surface area contributed by atoms with E-state index < -0.39 is 0 Å². The van der Waals surface area contributed by atoms with Crippen LogP contribution in [0, 0.1) is 10.8 Å². The first-order valence-electron chi connectivity index (χ1n) is 6.38. The zero-order chi connectivity index (χ0) is 12.0. The second-order valence-corrected chi connectivity index (χ2v) is 7.27. The second kappa shape index (κ2) is 4.01. The highest BCUT2D eigenvalue weighted by Crippen LogP contribution is 2.61. The fourth-order valence-electron chi connectivity index (χ4n) is 3.53. The smallest absolute Gasteiger partial charge is 0.0208 e. The Kier molecular flexibility index (Phi) is 3.11. The highest BCUT2D eigenvalue weighted by Gasteiger charge is 2.52. The summed E-state index contributed by atoms with van der Waals surface area (Å²) in [6, 6.07) is 0. The van der Waals surface area contributed by atoms with E-state index in [-0.39, 0.29) is 0 Å². The van der Waals surface area contributed by atoms with Crippen molar-refractivity contribution < 1.29 is 0 Å². The summed E-state index contributed by atoms with van der Waals surface area (Å²) in [7, 11) is 0. The van der Waals surface area contributed by atoms with Gasteiger partial charge in [-0.15, -0.1) is 0 Å². The van der Waals surface area contributed by atoms with Crippen LogP contribution in [-0.4, -0.2) is 4.83 Å². The maximum atomic E-state index is 4.40. The lowest BCUT2D eigenvalue weighted by Gasteiger charge is -2.55. The SMILES string of the molecule is C=C1CC[C@@H](Br)C(C)(C)[C@]12CC=C(C)CC2. The molecule has 16 heavy (non-hydrogen) atoms. The largest absolute Gasteiger partial charge is 0.0993 e. The third kappa shape index (κ3) is 1.63. The predicted octanol–water partition coefficient (Wildman–Crippen LogP) is 5.24. The van der Waals surface area contributed by atoms with Gasteiger partial charge in [0.05, 0.1) is 0 Å². The molecule has 2 atom stereocenters. The van der Waals surface area contributed by atoms with Gasteiger partial charge in [0.1, 0.15) is 0 Å². The van der Waals surface area contributed by atoms with Gasteiger partial charge in [-0.2, -0.15) is 0 Å². The van der Waals surface area contributed by atoms with Crippen LogP contribution >= 0.6 is 15.9 Å². The molecule has 2 aliphatic rings. The van der Waals surface area contributed by atoms with Crippen LogP contribution in [0.5, 0.6) is 0 Å². The lowest BCUT2D eigenvalue weighted by Crippen LogP contribution is -2.48. The average molecular weight is 283 g/mol. The van der Waals surface area contributed by atoms with Crippen LogP contribution in [0.15, 0.2) is 23.8 Å². The molecule has 0 aromatic rings. The first-order valence-corrected chi connectivity index (χ1v) is 7.30. The van der Waals surface area contributed by atoms with Crippen molar-refractivity contribution in [3.63, 3.8) is 0 Å². The molecule has 0 nitrogen and oxygen atoms in total. The molecule has 0 N–H and O–H groups in total. The first-order chi connectivity index (χ1) is 7.40. The molecule has 0 amide bonds. The zero-order valence-electron chi connectivity index (χ0n) is 10.8. The van der Waals surface area contributed by atoms with Crippen LogP contribution in [0.4, 0.5) is 0 Å². The summed E-state index contributed by atoms with van der Waals surface area (Å²) in [6.45, 7) is 11.5. The standard InChI is InChI=1S/C15H23Br/c1-11-7-9-15(10-8-11)12(2)5-6-13(16)14(15,3)4/h7,13H,2,5-6,8-10H2,1,3-4H3/t13-,15+/m1/s1. The lowest BCUT2D eigenvalue weighted by molar-refractivity contribution is 0.0669.